The first-order chi connectivity index (χ1) is 9.29. The van der Waals surface area contributed by atoms with E-state index in [0.717, 1.165) is 18.4 Å². The summed E-state index contributed by atoms with van der Waals surface area (Å²) in [6, 6.07) is 0. The van der Waals surface area contributed by atoms with Crippen molar-refractivity contribution in [3.63, 3.8) is 0 Å². The first kappa shape index (κ1) is 16.3. The van der Waals surface area contributed by atoms with Gasteiger partial charge in [-0.1, -0.05) is 20.3 Å². The molecule has 0 aromatic heterocycles. The van der Waals surface area contributed by atoms with Crippen molar-refractivity contribution in [1.82, 2.24) is 9.80 Å². The van der Waals surface area contributed by atoms with Crippen molar-refractivity contribution in [2.24, 2.45) is 17.6 Å². The van der Waals surface area contributed by atoms with Crippen molar-refractivity contribution in [1.29, 1.82) is 0 Å². The van der Waals surface area contributed by atoms with E-state index in [0.29, 0.717) is 5.54 Å². The summed E-state index contributed by atoms with van der Waals surface area (Å²) in [5, 5.41) is 0. The van der Waals surface area contributed by atoms with Crippen molar-refractivity contribution < 1.29 is 0 Å². The number of nitrogens with two attached hydrogens (primary N) is 1. The van der Waals surface area contributed by atoms with Crippen LogP contribution in [-0.2, 0) is 0 Å². The molecule has 0 radical (unpaired) electrons. The molecule has 2 aliphatic rings. The van der Waals surface area contributed by atoms with Gasteiger partial charge in [-0.15, -0.1) is 0 Å². The molecule has 1 aliphatic heterocycles. The Morgan fingerprint density at radius 1 is 1.05 bits per heavy atom. The van der Waals surface area contributed by atoms with E-state index in [1.807, 2.05) is 0 Å². The van der Waals surface area contributed by atoms with Crippen LogP contribution in [0, 0.1) is 11.8 Å². The number of rotatable bonds is 2. The van der Waals surface area contributed by atoms with Gasteiger partial charge in [0, 0.05) is 43.8 Å². The standard InChI is InChI=1S/C17H35N3/c1-14-6-7-15(2)17(12-14,13-18)20-10-8-19(9-11-20)16(3,4)5/h14-15H,6-13,18H2,1-5H3. The number of hydrogen-bond acceptors (Lipinski definition) is 3. The molecule has 3 atom stereocenters. The van der Waals surface area contributed by atoms with Crippen LogP contribution in [0.3, 0.4) is 0 Å². The first-order valence-electron chi connectivity index (χ1n) is 8.50. The molecule has 3 nitrogen and oxygen atoms in total. The minimum absolute atomic E-state index is 0.266. The zero-order valence-corrected chi connectivity index (χ0v) is 14.3. The monoisotopic (exact) mass is 281 g/mol. The van der Waals surface area contributed by atoms with Gasteiger partial charge in [-0.2, -0.15) is 0 Å². The lowest BCUT2D eigenvalue weighted by Gasteiger charge is -2.55. The Balaban J connectivity index is 2.06. The molecule has 2 fully saturated rings. The van der Waals surface area contributed by atoms with Crippen molar-refractivity contribution in [3.8, 4) is 0 Å². The Hall–Kier alpha value is -0.120. The molecule has 0 aromatic carbocycles. The Bertz CT molecular complexity index is 315. The number of piperazine rings is 1. The summed E-state index contributed by atoms with van der Waals surface area (Å²) in [5.74, 6) is 1.57. The lowest BCUT2D eigenvalue weighted by molar-refractivity contribution is -0.0466. The van der Waals surface area contributed by atoms with Crippen LogP contribution >= 0.6 is 0 Å². The topological polar surface area (TPSA) is 32.5 Å². The van der Waals surface area contributed by atoms with Crippen molar-refractivity contribution >= 4 is 0 Å². The number of nitrogens with zero attached hydrogens (tertiary/aromatic N) is 2. The molecule has 0 spiro atoms. The normalized spacial score (nSPS) is 38.1. The summed E-state index contributed by atoms with van der Waals surface area (Å²) in [5.41, 5.74) is 6.85. The smallest absolute Gasteiger partial charge is 0.0360 e. The second-order valence-corrected chi connectivity index (χ2v) is 8.24. The van der Waals surface area contributed by atoms with E-state index in [-0.39, 0.29) is 5.54 Å². The molecule has 1 heterocycles. The van der Waals surface area contributed by atoms with Gasteiger partial charge in [0.1, 0.15) is 0 Å². The average molecular weight is 281 g/mol. The summed E-state index contributed by atoms with van der Waals surface area (Å²) in [6.45, 7) is 17.4. The Labute approximate surface area is 125 Å². The maximum atomic E-state index is 6.29. The zero-order valence-electron chi connectivity index (χ0n) is 14.3. The molecule has 2 N–H and O–H groups in total. The lowest BCUT2D eigenvalue weighted by Crippen LogP contribution is -2.66. The van der Waals surface area contributed by atoms with Crippen LogP contribution in [0.4, 0.5) is 0 Å². The van der Waals surface area contributed by atoms with Gasteiger partial charge in [0.2, 0.25) is 0 Å². The van der Waals surface area contributed by atoms with Gasteiger partial charge in [-0.05, 0) is 45.4 Å². The fourth-order valence-corrected chi connectivity index (χ4v) is 4.39. The fraction of sp³-hybridized carbons (Fsp3) is 1.00. The van der Waals surface area contributed by atoms with Crippen LogP contribution in [0.2, 0.25) is 0 Å². The van der Waals surface area contributed by atoms with Crippen LogP contribution in [0.25, 0.3) is 0 Å². The molecule has 3 heteroatoms. The van der Waals surface area contributed by atoms with E-state index in [4.69, 9.17) is 5.73 Å². The molecule has 20 heavy (non-hydrogen) atoms. The van der Waals surface area contributed by atoms with E-state index in [2.05, 4.69) is 44.4 Å². The van der Waals surface area contributed by atoms with Gasteiger partial charge in [0.15, 0.2) is 0 Å². The Morgan fingerprint density at radius 3 is 2.15 bits per heavy atom. The molecule has 1 saturated heterocycles. The third kappa shape index (κ3) is 3.05. The Kier molecular flexibility index (Phi) is 4.83. The lowest BCUT2D eigenvalue weighted by atomic mass is 9.68. The minimum Gasteiger partial charge on any atom is -0.329 e. The summed E-state index contributed by atoms with van der Waals surface area (Å²) in [4.78, 5) is 5.35. The van der Waals surface area contributed by atoms with Gasteiger partial charge in [0.05, 0.1) is 0 Å². The summed E-state index contributed by atoms with van der Waals surface area (Å²) >= 11 is 0. The Morgan fingerprint density at radius 2 is 1.65 bits per heavy atom. The largest absolute Gasteiger partial charge is 0.329 e. The molecule has 0 aromatic rings. The molecule has 0 bridgehead atoms. The van der Waals surface area contributed by atoms with Gasteiger partial charge in [-0.25, -0.2) is 0 Å². The highest BCUT2D eigenvalue weighted by Crippen LogP contribution is 2.41. The first-order valence-corrected chi connectivity index (χ1v) is 8.50. The molecule has 1 aliphatic carbocycles. The SMILES string of the molecule is CC1CCC(C)C(CN)(N2CCN(C(C)(C)C)CC2)C1. The predicted molar refractivity (Wildman–Crippen MR) is 86.9 cm³/mol. The molecular weight excluding hydrogens is 246 g/mol. The highest BCUT2D eigenvalue weighted by molar-refractivity contribution is 5.01. The van der Waals surface area contributed by atoms with Crippen LogP contribution < -0.4 is 5.73 Å². The van der Waals surface area contributed by atoms with E-state index in [9.17, 15) is 0 Å². The number of hydrogen-bond donors (Lipinski definition) is 1. The van der Waals surface area contributed by atoms with E-state index in [1.54, 1.807) is 0 Å². The molecule has 0 amide bonds. The summed E-state index contributed by atoms with van der Waals surface area (Å²) in [7, 11) is 0. The second kappa shape index (κ2) is 5.94. The van der Waals surface area contributed by atoms with Gasteiger partial charge in [0.25, 0.3) is 0 Å². The van der Waals surface area contributed by atoms with Crippen LogP contribution in [0.1, 0.15) is 53.9 Å². The van der Waals surface area contributed by atoms with Crippen LogP contribution in [0.15, 0.2) is 0 Å². The highest BCUT2D eigenvalue weighted by Gasteiger charge is 2.45. The minimum atomic E-state index is 0.266. The zero-order chi connectivity index (χ0) is 15.0. The summed E-state index contributed by atoms with van der Waals surface area (Å²) in [6.07, 6.45) is 4.02. The highest BCUT2D eigenvalue weighted by atomic mass is 15.3. The maximum Gasteiger partial charge on any atom is 0.0360 e. The van der Waals surface area contributed by atoms with E-state index < -0.39 is 0 Å². The molecule has 3 unspecified atom stereocenters. The van der Waals surface area contributed by atoms with Crippen molar-refractivity contribution in [3.05, 3.63) is 0 Å². The average Bonchev–Trinajstić information content (AvgIpc) is 2.41. The quantitative estimate of drug-likeness (QED) is 0.844. The predicted octanol–water partition coefficient (Wildman–Crippen LogP) is 2.56. The maximum absolute atomic E-state index is 6.29. The van der Waals surface area contributed by atoms with E-state index >= 15 is 0 Å². The van der Waals surface area contributed by atoms with Crippen LogP contribution in [-0.4, -0.2) is 53.6 Å². The molecule has 118 valence electrons. The van der Waals surface area contributed by atoms with Gasteiger partial charge >= 0.3 is 0 Å². The van der Waals surface area contributed by atoms with Gasteiger partial charge < -0.3 is 5.73 Å². The van der Waals surface area contributed by atoms with Crippen molar-refractivity contribution in [2.45, 2.75) is 65.0 Å². The second-order valence-electron chi connectivity index (χ2n) is 8.24. The molecular formula is C17H35N3. The summed E-state index contributed by atoms with van der Waals surface area (Å²) < 4.78 is 0. The third-order valence-electron chi connectivity index (χ3n) is 5.92. The third-order valence-corrected chi connectivity index (χ3v) is 5.92. The van der Waals surface area contributed by atoms with E-state index in [1.165, 1.54) is 45.4 Å². The van der Waals surface area contributed by atoms with Crippen LogP contribution in [0.5, 0.6) is 0 Å². The molecule has 2 rings (SSSR count). The molecule has 1 saturated carbocycles. The van der Waals surface area contributed by atoms with Gasteiger partial charge in [-0.3, -0.25) is 9.80 Å². The fourth-order valence-electron chi connectivity index (χ4n) is 4.39. The van der Waals surface area contributed by atoms with Crippen molar-refractivity contribution in [2.75, 3.05) is 32.7 Å².